The van der Waals surface area contributed by atoms with Crippen LogP contribution in [-0.4, -0.2) is 10.9 Å². The lowest BCUT2D eigenvalue weighted by molar-refractivity contribution is 0.0934. The zero-order valence-electron chi connectivity index (χ0n) is 10.7. The first-order chi connectivity index (χ1) is 9.49. The van der Waals surface area contributed by atoms with Gasteiger partial charge < -0.3 is 11.1 Å². The molecule has 1 heterocycles. The largest absolute Gasteiger partial charge is 0.397 e. The first-order valence-corrected chi connectivity index (χ1v) is 5.95. The number of anilines is 1. The number of carbonyl (C=O) groups is 1. The zero-order chi connectivity index (χ0) is 14.7. The molecule has 0 radical (unpaired) electrons. The smallest absolute Gasteiger partial charge is 0.270 e. The van der Waals surface area contributed by atoms with Gasteiger partial charge in [0.1, 0.15) is 17.3 Å². The minimum absolute atomic E-state index is 0.128. The van der Waals surface area contributed by atoms with Crippen molar-refractivity contribution in [3.63, 3.8) is 0 Å². The third-order valence-corrected chi connectivity index (χ3v) is 2.80. The Morgan fingerprint density at radius 3 is 2.45 bits per heavy atom. The number of pyridine rings is 1. The van der Waals surface area contributed by atoms with Gasteiger partial charge in [-0.3, -0.25) is 4.79 Å². The van der Waals surface area contributed by atoms with Crippen molar-refractivity contribution in [1.82, 2.24) is 10.3 Å². The fourth-order valence-corrected chi connectivity index (χ4v) is 1.81. The summed E-state index contributed by atoms with van der Waals surface area (Å²) in [6.45, 7) is 1.50. The Morgan fingerprint density at radius 2 is 1.90 bits per heavy atom. The van der Waals surface area contributed by atoms with E-state index in [2.05, 4.69) is 10.3 Å². The van der Waals surface area contributed by atoms with Crippen LogP contribution >= 0.6 is 0 Å². The number of benzene rings is 1. The summed E-state index contributed by atoms with van der Waals surface area (Å²) >= 11 is 0. The second kappa shape index (κ2) is 5.64. The molecule has 1 aromatic carbocycles. The van der Waals surface area contributed by atoms with Crippen molar-refractivity contribution in [1.29, 1.82) is 0 Å². The van der Waals surface area contributed by atoms with Crippen molar-refractivity contribution >= 4 is 11.6 Å². The van der Waals surface area contributed by atoms with Crippen LogP contribution in [0.4, 0.5) is 14.5 Å². The summed E-state index contributed by atoms with van der Waals surface area (Å²) in [5, 5.41) is 2.49. The molecule has 0 aliphatic rings. The van der Waals surface area contributed by atoms with Gasteiger partial charge in [0.25, 0.3) is 5.91 Å². The lowest BCUT2D eigenvalue weighted by atomic mass is 10.1. The number of nitrogens with one attached hydrogen (secondary N) is 1. The highest BCUT2D eigenvalue weighted by molar-refractivity contribution is 5.92. The van der Waals surface area contributed by atoms with Gasteiger partial charge in [-0.2, -0.15) is 0 Å². The van der Waals surface area contributed by atoms with E-state index in [4.69, 9.17) is 5.73 Å². The topological polar surface area (TPSA) is 68.0 Å². The molecule has 6 heteroatoms. The fourth-order valence-electron chi connectivity index (χ4n) is 1.81. The first-order valence-electron chi connectivity index (χ1n) is 5.95. The van der Waals surface area contributed by atoms with Crippen LogP contribution in [0.15, 0.2) is 36.5 Å². The predicted molar refractivity (Wildman–Crippen MR) is 70.9 cm³/mol. The lowest BCUT2D eigenvalue weighted by Gasteiger charge is -2.15. The predicted octanol–water partition coefficient (Wildman–Crippen LogP) is 2.43. The van der Waals surface area contributed by atoms with E-state index in [1.165, 1.54) is 31.3 Å². The number of hydrogen-bond acceptors (Lipinski definition) is 3. The lowest BCUT2D eigenvalue weighted by Crippen LogP contribution is -2.28. The highest BCUT2D eigenvalue weighted by Crippen LogP contribution is 2.20. The maximum absolute atomic E-state index is 13.6. The second-order valence-corrected chi connectivity index (χ2v) is 4.31. The average Bonchev–Trinajstić information content (AvgIpc) is 2.39. The van der Waals surface area contributed by atoms with Gasteiger partial charge in [0.15, 0.2) is 0 Å². The molecule has 104 valence electrons. The molecule has 1 amide bonds. The monoisotopic (exact) mass is 277 g/mol. The number of nitrogens with two attached hydrogens (primary N) is 1. The molecule has 2 rings (SSSR count). The normalized spacial score (nSPS) is 11.9. The van der Waals surface area contributed by atoms with E-state index >= 15 is 0 Å². The molecule has 1 unspecified atom stereocenters. The summed E-state index contributed by atoms with van der Waals surface area (Å²) < 4.78 is 27.2. The molecule has 3 N–H and O–H groups in total. The van der Waals surface area contributed by atoms with Gasteiger partial charge >= 0.3 is 0 Å². The molecule has 0 saturated heterocycles. The van der Waals surface area contributed by atoms with Crippen LogP contribution in [0.2, 0.25) is 0 Å². The molecule has 4 nitrogen and oxygen atoms in total. The molecule has 0 spiro atoms. The Hall–Kier alpha value is -2.50. The summed E-state index contributed by atoms with van der Waals surface area (Å²) in [4.78, 5) is 15.7. The zero-order valence-corrected chi connectivity index (χ0v) is 10.7. The number of rotatable bonds is 3. The Morgan fingerprint density at radius 1 is 1.25 bits per heavy atom. The maximum Gasteiger partial charge on any atom is 0.270 e. The van der Waals surface area contributed by atoms with Crippen LogP contribution in [0.1, 0.15) is 29.0 Å². The Labute approximate surface area is 114 Å². The summed E-state index contributed by atoms with van der Waals surface area (Å²) in [5.74, 6) is -1.94. The van der Waals surface area contributed by atoms with Gasteiger partial charge in [-0.25, -0.2) is 13.8 Å². The minimum Gasteiger partial charge on any atom is -0.397 e. The summed E-state index contributed by atoms with van der Waals surface area (Å²) in [6, 6.07) is 5.70. The molecular formula is C14H13F2N3O. The highest BCUT2D eigenvalue weighted by Gasteiger charge is 2.18. The van der Waals surface area contributed by atoms with Crippen molar-refractivity contribution < 1.29 is 13.6 Å². The molecule has 0 saturated carbocycles. The van der Waals surface area contributed by atoms with E-state index in [-0.39, 0.29) is 11.3 Å². The molecule has 2 aromatic rings. The van der Waals surface area contributed by atoms with Crippen LogP contribution in [0, 0.1) is 11.6 Å². The van der Waals surface area contributed by atoms with Gasteiger partial charge in [0.2, 0.25) is 0 Å². The number of hydrogen-bond donors (Lipinski definition) is 2. The minimum atomic E-state index is -0.817. The van der Waals surface area contributed by atoms with Gasteiger partial charge in [0, 0.05) is 5.56 Å². The van der Waals surface area contributed by atoms with Gasteiger partial charge in [-0.1, -0.05) is 6.07 Å². The molecular weight excluding hydrogens is 264 g/mol. The van der Waals surface area contributed by atoms with Gasteiger partial charge in [-0.15, -0.1) is 0 Å². The Kier molecular flexibility index (Phi) is 3.93. The van der Waals surface area contributed by atoms with Crippen molar-refractivity contribution in [2.24, 2.45) is 0 Å². The number of amides is 1. The van der Waals surface area contributed by atoms with Crippen LogP contribution in [-0.2, 0) is 0 Å². The second-order valence-electron chi connectivity index (χ2n) is 4.31. The van der Waals surface area contributed by atoms with E-state index in [1.807, 2.05) is 0 Å². The van der Waals surface area contributed by atoms with Crippen molar-refractivity contribution in [3.05, 3.63) is 59.4 Å². The van der Waals surface area contributed by atoms with Crippen molar-refractivity contribution in [2.75, 3.05) is 5.73 Å². The Bertz CT molecular complexity index is 609. The number of halogens is 2. The standard InChI is InChI=1S/C14H13F2N3O/c1-8(13-10(15)3-2-4-11(13)16)19-14(20)12-6-5-9(17)7-18-12/h2-8H,17H2,1H3,(H,19,20). The first kappa shape index (κ1) is 13.9. The molecule has 1 atom stereocenters. The van der Waals surface area contributed by atoms with Crippen LogP contribution < -0.4 is 11.1 Å². The van der Waals surface area contributed by atoms with Gasteiger partial charge in [-0.05, 0) is 31.2 Å². The number of aromatic nitrogens is 1. The molecule has 0 aliphatic heterocycles. The molecule has 0 fully saturated rings. The third kappa shape index (κ3) is 2.90. The van der Waals surface area contributed by atoms with E-state index < -0.39 is 23.6 Å². The summed E-state index contributed by atoms with van der Waals surface area (Å²) in [7, 11) is 0. The SMILES string of the molecule is CC(NC(=O)c1ccc(N)cn1)c1c(F)cccc1F. The van der Waals surface area contributed by atoms with Gasteiger partial charge in [0.05, 0.1) is 17.9 Å². The third-order valence-electron chi connectivity index (χ3n) is 2.80. The highest BCUT2D eigenvalue weighted by atomic mass is 19.1. The van der Waals surface area contributed by atoms with E-state index in [0.29, 0.717) is 5.69 Å². The molecule has 1 aromatic heterocycles. The quantitative estimate of drug-likeness (QED) is 0.905. The molecule has 20 heavy (non-hydrogen) atoms. The van der Waals surface area contributed by atoms with E-state index in [1.54, 1.807) is 0 Å². The number of carbonyl (C=O) groups excluding carboxylic acids is 1. The van der Waals surface area contributed by atoms with Crippen LogP contribution in [0.25, 0.3) is 0 Å². The van der Waals surface area contributed by atoms with E-state index in [0.717, 1.165) is 12.1 Å². The Balaban J connectivity index is 2.17. The number of nitrogen functional groups attached to an aromatic ring is 1. The molecule has 0 aliphatic carbocycles. The number of nitrogens with zero attached hydrogens (tertiary/aromatic N) is 1. The van der Waals surface area contributed by atoms with Crippen LogP contribution in [0.3, 0.4) is 0 Å². The summed E-state index contributed by atoms with van der Waals surface area (Å²) in [5.41, 5.74) is 5.83. The fraction of sp³-hybridized carbons (Fsp3) is 0.143. The van der Waals surface area contributed by atoms with Crippen molar-refractivity contribution in [3.8, 4) is 0 Å². The van der Waals surface area contributed by atoms with Crippen molar-refractivity contribution in [2.45, 2.75) is 13.0 Å². The molecule has 0 bridgehead atoms. The van der Waals surface area contributed by atoms with E-state index in [9.17, 15) is 13.6 Å². The summed E-state index contributed by atoms with van der Waals surface area (Å²) in [6.07, 6.45) is 1.34. The maximum atomic E-state index is 13.6. The van der Waals surface area contributed by atoms with Crippen LogP contribution in [0.5, 0.6) is 0 Å². The average molecular weight is 277 g/mol.